The summed E-state index contributed by atoms with van der Waals surface area (Å²) < 4.78 is 11.3. The largest absolute Gasteiger partial charge is 0.497 e. The van der Waals surface area contributed by atoms with Crippen LogP contribution >= 0.6 is 12.6 Å². The van der Waals surface area contributed by atoms with E-state index in [1.165, 1.54) is 31.4 Å². The normalized spacial score (nSPS) is 23.7. The molecule has 1 saturated carbocycles. The van der Waals surface area contributed by atoms with Crippen LogP contribution in [0, 0.1) is 5.92 Å². The van der Waals surface area contributed by atoms with Crippen LogP contribution in [0.2, 0.25) is 0 Å². The van der Waals surface area contributed by atoms with Crippen molar-refractivity contribution in [2.45, 2.75) is 30.9 Å². The van der Waals surface area contributed by atoms with Crippen molar-refractivity contribution < 1.29 is 9.47 Å². The van der Waals surface area contributed by atoms with Crippen molar-refractivity contribution in [2.24, 2.45) is 5.92 Å². The summed E-state index contributed by atoms with van der Waals surface area (Å²) in [4.78, 5) is 7.04. The lowest BCUT2D eigenvalue weighted by atomic mass is 9.88. The second kappa shape index (κ2) is 6.71. The first kappa shape index (κ1) is 15.9. The standard InChI is InChI=1S/C19H24N2O2S/c1-22-14-4-7-17-16(10-14)19-18(11-20-17)23-9-8-21(19)12-13-2-5-15(24)6-3-13/h4,7,10-11,13,15,24H,2-3,5-6,8-9,12H2,1H3. The van der Waals surface area contributed by atoms with Gasteiger partial charge >= 0.3 is 0 Å². The lowest BCUT2D eigenvalue weighted by Gasteiger charge is -2.36. The quantitative estimate of drug-likeness (QED) is 0.856. The van der Waals surface area contributed by atoms with E-state index in [0.717, 1.165) is 48.0 Å². The fourth-order valence-corrected chi connectivity index (χ4v) is 4.20. The van der Waals surface area contributed by atoms with Crippen molar-refractivity contribution in [3.05, 3.63) is 24.4 Å². The maximum absolute atomic E-state index is 5.88. The number of aromatic nitrogens is 1. The average molecular weight is 344 g/mol. The van der Waals surface area contributed by atoms with Crippen molar-refractivity contribution >= 4 is 29.2 Å². The molecule has 2 heterocycles. The van der Waals surface area contributed by atoms with Crippen LogP contribution in [0.3, 0.4) is 0 Å². The van der Waals surface area contributed by atoms with E-state index < -0.39 is 0 Å². The van der Waals surface area contributed by atoms with Crippen LogP contribution in [0.1, 0.15) is 25.7 Å². The molecule has 1 aliphatic carbocycles. The summed E-state index contributed by atoms with van der Waals surface area (Å²) in [5.41, 5.74) is 2.17. The molecule has 2 aliphatic rings. The summed E-state index contributed by atoms with van der Waals surface area (Å²) in [5.74, 6) is 2.50. The SMILES string of the molecule is COc1ccc2ncc3c(c2c1)N(CC1CCC(S)CC1)CCO3. The Labute approximate surface area is 148 Å². The summed E-state index contributed by atoms with van der Waals surface area (Å²) >= 11 is 4.63. The number of methoxy groups -OCH3 is 1. The number of rotatable bonds is 3. The minimum Gasteiger partial charge on any atom is -0.497 e. The van der Waals surface area contributed by atoms with E-state index in [4.69, 9.17) is 9.47 Å². The van der Waals surface area contributed by atoms with E-state index in [1.54, 1.807) is 7.11 Å². The summed E-state index contributed by atoms with van der Waals surface area (Å²) in [7, 11) is 1.70. The number of thiol groups is 1. The monoisotopic (exact) mass is 344 g/mol. The van der Waals surface area contributed by atoms with Crippen LogP contribution in [0.4, 0.5) is 5.69 Å². The van der Waals surface area contributed by atoms with Crippen LogP contribution in [0.25, 0.3) is 10.9 Å². The van der Waals surface area contributed by atoms with Gasteiger partial charge in [0.15, 0.2) is 5.75 Å². The highest BCUT2D eigenvalue weighted by atomic mass is 32.1. The molecular formula is C19H24N2O2S. The Hall–Kier alpha value is -1.62. The zero-order valence-electron chi connectivity index (χ0n) is 14.1. The van der Waals surface area contributed by atoms with Gasteiger partial charge < -0.3 is 14.4 Å². The summed E-state index contributed by atoms with van der Waals surface area (Å²) in [5, 5.41) is 1.71. The molecule has 0 radical (unpaired) electrons. The number of hydrogen-bond donors (Lipinski definition) is 1. The van der Waals surface area contributed by atoms with Crippen LogP contribution < -0.4 is 14.4 Å². The fourth-order valence-electron chi connectivity index (χ4n) is 3.90. The number of pyridine rings is 1. The highest BCUT2D eigenvalue weighted by Crippen LogP contribution is 2.40. The van der Waals surface area contributed by atoms with E-state index in [1.807, 2.05) is 18.3 Å². The molecule has 5 heteroatoms. The first-order valence-electron chi connectivity index (χ1n) is 8.77. The molecule has 0 spiro atoms. The van der Waals surface area contributed by atoms with Gasteiger partial charge in [0.05, 0.1) is 31.1 Å². The Bertz CT molecular complexity index is 723. The van der Waals surface area contributed by atoms with Gasteiger partial charge in [-0.25, -0.2) is 0 Å². The number of fused-ring (bicyclic) bond motifs is 3. The van der Waals surface area contributed by atoms with Gasteiger partial charge in [0.1, 0.15) is 12.4 Å². The molecular weight excluding hydrogens is 320 g/mol. The predicted molar refractivity (Wildman–Crippen MR) is 101 cm³/mol. The molecule has 4 rings (SSSR count). The molecule has 0 bridgehead atoms. The molecule has 1 fully saturated rings. The van der Waals surface area contributed by atoms with Crippen molar-refractivity contribution in [1.82, 2.24) is 4.98 Å². The average Bonchev–Trinajstić information content (AvgIpc) is 2.63. The minimum absolute atomic E-state index is 0.590. The van der Waals surface area contributed by atoms with Crippen molar-refractivity contribution in [2.75, 3.05) is 31.7 Å². The minimum atomic E-state index is 0.590. The van der Waals surface area contributed by atoms with Crippen LogP contribution in [0.5, 0.6) is 11.5 Å². The second-order valence-electron chi connectivity index (χ2n) is 6.82. The van der Waals surface area contributed by atoms with Gasteiger partial charge in [-0.3, -0.25) is 4.98 Å². The third kappa shape index (κ3) is 3.02. The number of hydrogen-bond acceptors (Lipinski definition) is 5. The molecule has 0 atom stereocenters. The molecule has 1 aromatic carbocycles. The van der Waals surface area contributed by atoms with Gasteiger partial charge in [0.25, 0.3) is 0 Å². The van der Waals surface area contributed by atoms with Gasteiger partial charge in [-0.1, -0.05) is 0 Å². The van der Waals surface area contributed by atoms with Gasteiger partial charge in [-0.05, 0) is 49.8 Å². The van der Waals surface area contributed by atoms with Gasteiger partial charge in [-0.15, -0.1) is 0 Å². The van der Waals surface area contributed by atoms with Gasteiger partial charge in [0.2, 0.25) is 0 Å². The Balaban J connectivity index is 1.68. The molecule has 0 unspecified atom stereocenters. The molecule has 1 aliphatic heterocycles. The Morgan fingerprint density at radius 2 is 2.12 bits per heavy atom. The topological polar surface area (TPSA) is 34.6 Å². The fraction of sp³-hybridized carbons (Fsp3) is 0.526. The first-order chi connectivity index (χ1) is 11.7. The van der Waals surface area contributed by atoms with Crippen molar-refractivity contribution in [3.8, 4) is 11.5 Å². The number of ether oxygens (including phenoxy) is 2. The van der Waals surface area contributed by atoms with Gasteiger partial charge in [0, 0.05) is 17.2 Å². The Morgan fingerprint density at radius 3 is 2.92 bits per heavy atom. The van der Waals surface area contributed by atoms with Crippen LogP contribution in [-0.2, 0) is 0 Å². The van der Waals surface area contributed by atoms with Crippen molar-refractivity contribution in [3.63, 3.8) is 0 Å². The van der Waals surface area contributed by atoms with E-state index >= 15 is 0 Å². The Morgan fingerprint density at radius 1 is 1.29 bits per heavy atom. The van der Waals surface area contributed by atoms with E-state index in [-0.39, 0.29) is 0 Å². The van der Waals surface area contributed by atoms with Gasteiger partial charge in [-0.2, -0.15) is 12.6 Å². The zero-order valence-corrected chi connectivity index (χ0v) is 15.0. The maximum atomic E-state index is 5.88. The lowest BCUT2D eigenvalue weighted by molar-refractivity contribution is 0.293. The zero-order chi connectivity index (χ0) is 16.5. The number of anilines is 1. The molecule has 128 valence electrons. The molecule has 0 amide bonds. The Kier molecular flexibility index (Phi) is 4.44. The maximum Gasteiger partial charge on any atom is 0.161 e. The highest BCUT2D eigenvalue weighted by Gasteiger charge is 2.26. The highest BCUT2D eigenvalue weighted by molar-refractivity contribution is 7.80. The first-order valence-corrected chi connectivity index (χ1v) is 9.29. The summed E-state index contributed by atoms with van der Waals surface area (Å²) in [6.07, 6.45) is 6.87. The van der Waals surface area contributed by atoms with E-state index in [9.17, 15) is 0 Å². The molecule has 4 nitrogen and oxygen atoms in total. The van der Waals surface area contributed by atoms with Crippen molar-refractivity contribution in [1.29, 1.82) is 0 Å². The summed E-state index contributed by atoms with van der Waals surface area (Å²) in [6, 6.07) is 6.06. The molecule has 0 saturated heterocycles. The number of nitrogens with zero attached hydrogens (tertiary/aromatic N) is 2. The van der Waals surface area contributed by atoms with E-state index in [2.05, 4.69) is 28.6 Å². The lowest BCUT2D eigenvalue weighted by Crippen LogP contribution is -2.37. The third-order valence-corrected chi connectivity index (χ3v) is 5.76. The molecule has 2 aromatic rings. The van der Waals surface area contributed by atoms with E-state index in [0.29, 0.717) is 5.25 Å². The smallest absolute Gasteiger partial charge is 0.161 e. The predicted octanol–water partition coefficient (Wildman–Crippen LogP) is 3.93. The third-order valence-electron chi connectivity index (χ3n) is 5.24. The molecule has 24 heavy (non-hydrogen) atoms. The second-order valence-corrected chi connectivity index (χ2v) is 7.55. The van der Waals surface area contributed by atoms with Crippen LogP contribution in [0.15, 0.2) is 24.4 Å². The number of benzene rings is 1. The van der Waals surface area contributed by atoms with Crippen LogP contribution in [-0.4, -0.2) is 37.0 Å². The molecule has 0 N–H and O–H groups in total. The molecule has 1 aromatic heterocycles. The summed E-state index contributed by atoms with van der Waals surface area (Å²) in [6.45, 7) is 2.75.